The van der Waals surface area contributed by atoms with E-state index in [1.165, 1.54) is 11.0 Å². The first kappa shape index (κ1) is 22.2. The first-order chi connectivity index (χ1) is 15.9. The van der Waals surface area contributed by atoms with E-state index in [4.69, 9.17) is 5.73 Å². The highest BCUT2D eigenvalue weighted by molar-refractivity contribution is 6.01. The summed E-state index contributed by atoms with van der Waals surface area (Å²) in [7, 11) is 0. The molecule has 0 aliphatic carbocycles. The van der Waals surface area contributed by atoms with Crippen molar-refractivity contribution in [2.45, 2.75) is 31.3 Å². The van der Waals surface area contributed by atoms with Gasteiger partial charge in [-0.05, 0) is 55.2 Å². The molecule has 2 aromatic carbocycles. The average Bonchev–Trinajstić information content (AvgIpc) is 3.42. The predicted molar refractivity (Wildman–Crippen MR) is 119 cm³/mol. The second kappa shape index (κ2) is 9.26. The molecule has 33 heavy (non-hydrogen) atoms. The number of urea groups is 1. The van der Waals surface area contributed by atoms with E-state index in [2.05, 4.69) is 21.7 Å². The number of H-pyrrole nitrogens is 1. The lowest BCUT2D eigenvalue weighted by Gasteiger charge is -2.23. The number of nitrogens with two attached hydrogens (primary N) is 1. The Morgan fingerprint density at radius 1 is 1.18 bits per heavy atom. The Hall–Kier alpha value is -3.97. The maximum atomic E-state index is 13.3. The molecule has 1 fully saturated rings. The van der Waals surface area contributed by atoms with Crippen molar-refractivity contribution in [3.8, 4) is 6.07 Å². The van der Waals surface area contributed by atoms with Crippen LogP contribution >= 0.6 is 0 Å². The zero-order valence-electron chi connectivity index (χ0n) is 17.6. The van der Waals surface area contributed by atoms with Gasteiger partial charge in [-0.25, -0.2) is 13.6 Å². The zero-order chi connectivity index (χ0) is 23.5. The van der Waals surface area contributed by atoms with Gasteiger partial charge >= 0.3 is 6.03 Å². The largest absolute Gasteiger partial charge is 0.361 e. The van der Waals surface area contributed by atoms with Gasteiger partial charge in [0.25, 0.3) is 0 Å². The molecule has 1 aliphatic heterocycles. The van der Waals surface area contributed by atoms with Crippen LogP contribution in [-0.2, 0) is 11.2 Å². The molecular formula is C23H22F2N6O2. The van der Waals surface area contributed by atoms with Gasteiger partial charge in [-0.1, -0.05) is 0 Å². The zero-order valence-corrected chi connectivity index (χ0v) is 17.6. The number of carbonyl (C=O) groups excluding carboxylic acids is 2. The minimum absolute atomic E-state index is 0.108. The molecule has 3 amide bonds. The Bertz CT molecular complexity index is 1250. The number of nitrogens with zero attached hydrogens (tertiary/aromatic N) is 2. The van der Waals surface area contributed by atoms with Gasteiger partial charge < -0.3 is 26.3 Å². The van der Waals surface area contributed by atoms with Gasteiger partial charge in [0, 0.05) is 41.1 Å². The van der Waals surface area contributed by atoms with Crippen molar-refractivity contribution < 1.29 is 18.4 Å². The Morgan fingerprint density at radius 2 is 1.91 bits per heavy atom. The summed E-state index contributed by atoms with van der Waals surface area (Å²) in [5.74, 6) is -2.32. The molecule has 4 rings (SSSR count). The number of amides is 3. The molecule has 2 atom stereocenters. The molecular weight excluding hydrogens is 430 g/mol. The fourth-order valence-electron chi connectivity index (χ4n) is 3.99. The maximum Gasteiger partial charge on any atom is 0.323 e. The molecule has 5 N–H and O–H groups in total. The number of aromatic nitrogens is 1. The van der Waals surface area contributed by atoms with E-state index in [0.717, 1.165) is 35.0 Å². The van der Waals surface area contributed by atoms with E-state index < -0.39 is 29.7 Å². The van der Waals surface area contributed by atoms with Crippen molar-refractivity contribution in [3.63, 3.8) is 0 Å². The number of hydrogen-bond acceptors (Lipinski definition) is 4. The lowest BCUT2D eigenvalue weighted by Crippen LogP contribution is -2.46. The number of aromatic amines is 1. The first-order valence-electron chi connectivity index (χ1n) is 10.4. The van der Waals surface area contributed by atoms with Crippen LogP contribution < -0.4 is 16.4 Å². The van der Waals surface area contributed by atoms with Gasteiger partial charge in [0.1, 0.15) is 6.04 Å². The van der Waals surface area contributed by atoms with Crippen molar-refractivity contribution in [1.82, 2.24) is 9.88 Å². The van der Waals surface area contributed by atoms with Crippen LogP contribution in [0.25, 0.3) is 10.9 Å². The van der Waals surface area contributed by atoms with Crippen LogP contribution in [0.15, 0.2) is 42.6 Å². The summed E-state index contributed by atoms with van der Waals surface area (Å²) >= 11 is 0. The molecule has 0 saturated carbocycles. The number of nitriles is 1. The highest BCUT2D eigenvalue weighted by atomic mass is 19.2. The summed E-state index contributed by atoms with van der Waals surface area (Å²) in [4.78, 5) is 29.7. The number of nitrogens with one attached hydrogen (secondary N) is 3. The second-order valence-corrected chi connectivity index (χ2v) is 7.91. The van der Waals surface area contributed by atoms with Crippen molar-refractivity contribution in [3.05, 3.63) is 59.8 Å². The van der Waals surface area contributed by atoms with Crippen molar-refractivity contribution in [2.75, 3.05) is 17.2 Å². The van der Waals surface area contributed by atoms with E-state index in [1.807, 2.05) is 0 Å². The lowest BCUT2D eigenvalue weighted by atomic mass is 10.0. The number of hydrogen-bond donors (Lipinski definition) is 4. The van der Waals surface area contributed by atoms with E-state index in [9.17, 15) is 23.6 Å². The Morgan fingerprint density at radius 3 is 2.64 bits per heavy atom. The highest BCUT2D eigenvalue weighted by Crippen LogP contribution is 2.25. The van der Waals surface area contributed by atoms with Gasteiger partial charge in [-0.15, -0.1) is 0 Å². The third-order valence-corrected chi connectivity index (χ3v) is 5.64. The third-order valence-electron chi connectivity index (χ3n) is 5.64. The molecule has 10 heteroatoms. The van der Waals surface area contributed by atoms with Crippen LogP contribution in [0.2, 0.25) is 0 Å². The predicted octanol–water partition coefficient (Wildman–Crippen LogP) is 3.47. The molecule has 0 radical (unpaired) electrons. The molecule has 1 saturated heterocycles. The normalized spacial score (nSPS) is 16.4. The number of benzene rings is 2. The minimum atomic E-state index is -1.06. The Kier molecular flexibility index (Phi) is 6.24. The summed E-state index contributed by atoms with van der Waals surface area (Å²) in [6, 6.07) is 8.53. The average molecular weight is 452 g/mol. The Balaban J connectivity index is 1.45. The molecule has 8 nitrogen and oxygen atoms in total. The van der Waals surface area contributed by atoms with E-state index in [0.29, 0.717) is 18.7 Å². The molecule has 0 bridgehead atoms. The summed E-state index contributed by atoms with van der Waals surface area (Å²) in [6.07, 6.45) is 3.46. The number of fused-ring (bicyclic) bond motifs is 1. The van der Waals surface area contributed by atoms with Crippen molar-refractivity contribution >= 4 is 34.2 Å². The molecule has 2 heterocycles. The summed E-state index contributed by atoms with van der Waals surface area (Å²) in [6.45, 7) is 0.528. The van der Waals surface area contributed by atoms with Gasteiger partial charge in [0.15, 0.2) is 11.6 Å². The van der Waals surface area contributed by atoms with Crippen LogP contribution in [-0.4, -0.2) is 40.5 Å². The SMILES string of the molecule is N#CC1CCCN1C(=O)C(N)Cc1c[nH]c2ccc(NC(=O)Nc3ccc(F)c(F)c3)cc12. The van der Waals surface area contributed by atoms with Crippen molar-refractivity contribution in [2.24, 2.45) is 5.73 Å². The first-order valence-corrected chi connectivity index (χ1v) is 10.4. The monoisotopic (exact) mass is 452 g/mol. The summed E-state index contributed by atoms with van der Waals surface area (Å²) in [5, 5.41) is 15.1. The molecule has 0 spiro atoms. The quantitative estimate of drug-likeness (QED) is 0.473. The minimum Gasteiger partial charge on any atom is -0.361 e. The van der Waals surface area contributed by atoms with Gasteiger partial charge in [-0.2, -0.15) is 5.26 Å². The van der Waals surface area contributed by atoms with Gasteiger partial charge in [0.2, 0.25) is 5.91 Å². The highest BCUT2D eigenvalue weighted by Gasteiger charge is 2.31. The number of halogens is 2. The van der Waals surface area contributed by atoms with Crippen LogP contribution in [0.3, 0.4) is 0 Å². The second-order valence-electron chi connectivity index (χ2n) is 7.91. The van der Waals surface area contributed by atoms with Crippen LogP contribution in [0.4, 0.5) is 25.0 Å². The third kappa shape index (κ3) is 4.78. The molecule has 1 aliphatic rings. The fourth-order valence-corrected chi connectivity index (χ4v) is 3.99. The van der Waals surface area contributed by atoms with Gasteiger partial charge in [0.05, 0.1) is 12.1 Å². The molecule has 2 unspecified atom stereocenters. The van der Waals surface area contributed by atoms with Gasteiger partial charge in [-0.3, -0.25) is 4.79 Å². The summed E-state index contributed by atoms with van der Waals surface area (Å²) < 4.78 is 26.4. The number of likely N-dealkylation sites (tertiary alicyclic amines) is 1. The fraction of sp³-hybridized carbons (Fsp3) is 0.261. The van der Waals surface area contributed by atoms with E-state index in [-0.39, 0.29) is 18.0 Å². The lowest BCUT2D eigenvalue weighted by molar-refractivity contribution is -0.132. The number of carbonyl (C=O) groups is 2. The van der Waals surface area contributed by atoms with Crippen LogP contribution in [0, 0.1) is 23.0 Å². The van der Waals surface area contributed by atoms with E-state index in [1.54, 1.807) is 24.4 Å². The summed E-state index contributed by atoms with van der Waals surface area (Å²) in [5.41, 5.74) is 8.34. The van der Waals surface area contributed by atoms with Crippen LogP contribution in [0.1, 0.15) is 18.4 Å². The smallest absolute Gasteiger partial charge is 0.323 e. The van der Waals surface area contributed by atoms with Crippen LogP contribution in [0.5, 0.6) is 0 Å². The maximum absolute atomic E-state index is 13.3. The Labute approximate surface area is 188 Å². The number of anilines is 2. The molecule has 170 valence electrons. The standard InChI is InChI=1S/C23H22F2N6O2/c24-18-5-3-15(10-19(18)25)30-23(33)29-14-4-6-21-17(9-14)13(12-28-21)8-20(27)22(32)31-7-1-2-16(31)11-26/h3-6,9-10,12,16,20,28H,1-2,7-8,27H2,(H2,29,30,33). The van der Waals surface area contributed by atoms with E-state index >= 15 is 0 Å². The van der Waals surface area contributed by atoms with Crippen molar-refractivity contribution in [1.29, 1.82) is 5.26 Å². The topological polar surface area (TPSA) is 127 Å². The molecule has 3 aromatic rings. The number of rotatable bonds is 5. The molecule has 1 aromatic heterocycles.